The van der Waals surface area contributed by atoms with E-state index in [0.29, 0.717) is 6.61 Å². The first-order valence-corrected chi connectivity index (χ1v) is 6.79. The van der Waals surface area contributed by atoms with E-state index >= 15 is 0 Å². The maximum absolute atomic E-state index is 8.66. The fraction of sp³-hybridized carbons (Fsp3) is 0.364. The minimum atomic E-state index is 0.292. The van der Waals surface area contributed by atoms with Gasteiger partial charge < -0.3 is 5.11 Å². The standard InChI is InChI=1S/C11H13NOS2/c13-7-3-4-8-14-11-12-9-5-1-2-6-10(9)15-11/h1-2,5-6,13H,3-4,7-8H2. The van der Waals surface area contributed by atoms with E-state index in [2.05, 4.69) is 11.1 Å². The van der Waals surface area contributed by atoms with Gasteiger partial charge in [-0.15, -0.1) is 11.3 Å². The van der Waals surface area contributed by atoms with Crippen LogP contribution < -0.4 is 0 Å². The number of rotatable bonds is 5. The first kappa shape index (κ1) is 10.9. The van der Waals surface area contributed by atoms with Crippen LogP contribution in [0, 0.1) is 0 Å². The summed E-state index contributed by atoms with van der Waals surface area (Å²) in [5, 5.41) is 8.66. The number of benzene rings is 1. The number of thioether (sulfide) groups is 1. The van der Waals surface area contributed by atoms with Gasteiger partial charge in [-0.05, 0) is 25.0 Å². The smallest absolute Gasteiger partial charge is 0.151 e. The molecule has 2 nitrogen and oxygen atoms in total. The molecule has 0 saturated carbocycles. The molecule has 15 heavy (non-hydrogen) atoms. The Hall–Kier alpha value is -0.580. The van der Waals surface area contributed by atoms with Gasteiger partial charge in [0.25, 0.3) is 0 Å². The molecule has 0 bridgehead atoms. The second-order valence-electron chi connectivity index (χ2n) is 3.23. The Morgan fingerprint density at radius 2 is 2.13 bits per heavy atom. The Labute approximate surface area is 97.4 Å². The highest BCUT2D eigenvalue weighted by Gasteiger charge is 2.02. The molecule has 1 heterocycles. The molecule has 80 valence electrons. The second-order valence-corrected chi connectivity index (χ2v) is 5.60. The van der Waals surface area contributed by atoms with E-state index in [1.807, 2.05) is 18.2 Å². The van der Waals surface area contributed by atoms with E-state index in [1.54, 1.807) is 23.1 Å². The van der Waals surface area contributed by atoms with Gasteiger partial charge in [0.05, 0.1) is 10.2 Å². The molecule has 0 fully saturated rings. The summed E-state index contributed by atoms with van der Waals surface area (Å²) in [5.74, 6) is 1.04. The lowest BCUT2D eigenvalue weighted by molar-refractivity contribution is 0.287. The van der Waals surface area contributed by atoms with Gasteiger partial charge in [0.15, 0.2) is 4.34 Å². The molecular weight excluding hydrogens is 226 g/mol. The van der Waals surface area contributed by atoms with Gasteiger partial charge in [0.1, 0.15) is 0 Å². The maximum atomic E-state index is 8.66. The van der Waals surface area contributed by atoms with Crippen molar-refractivity contribution in [1.29, 1.82) is 0 Å². The fourth-order valence-corrected chi connectivity index (χ4v) is 3.42. The van der Waals surface area contributed by atoms with Crippen LogP contribution in [0.5, 0.6) is 0 Å². The zero-order chi connectivity index (χ0) is 10.5. The molecular formula is C11H13NOS2. The second kappa shape index (κ2) is 5.49. The molecule has 0 amide bonds. The molecule has 1 aromatic heterocycles. The van der Waals surface area contributed by atoms with E-state index in [0.717, 1.165) is 28.5 Å². The zero-order valence-electron chi connectivity index (χ0n) is 8.35. The summed E-state index contributed by atoms with van der Waals surface area (Å²) in [5.41, 5.74) is 1.09. The average molecular weight is 239 g/mol. The van der Waals surface area contributed by atoms with Crippen molar-refractivity contribution in [3.63, 3.8) is 0 Å². The van der Waals surface area contributed by atoms with Gasteiger partial charge in [-0.1, -0.05) is 23.9 Å². The first-order valence-electron chi connectivity index (χ1n) is 4.99. The minimum Gasteiger partial charge on any atom is -0.396 e. The molecule has 0 aliphatic heterocycles. The van der Waals surface area contributed by atoms with E-state index in [-0.39, 0.29) is 0 Å². The van der Waals surface area contributed by atoms with Gasteiger partial charge in [0, 0.05) is 12.4 Å². The Kier molecular flexibility index (Phi) is 4.00. The van der Waals surface area contributed by atoms with Gasteiger partial charge >= 0.3 is 0 Å². The minimum absolute atomic E-state index is 0.292. The molecule has 0 radical (unpaired) electrons. The summed E-state index contributed by atoms with van der Waals surface area (Å²) in [4.78, 5) is 4.53. The number of unbranched alkanes of at least 4 members (excludes halogenated alkanes) is 1. The molecule has 0 unspecified atom stereocenters. The highest BCUT2D eigenvalue weighted by molar-refractivity contribution is 8.01. The van der Waals surface area contributed by atoms with Crippen LogP contribution in [0.3, 0.4) is 0 Å². The lowest BCUT2D eigenvalue weighted by atomic mass is 10.3. The lowest BCUT2D eigenvalue weighted by Crippen LogP contribution is -1.84. The number of aliphatic hydroxyl groups excluding tert-OH is 1. The van der Waals surface area contributed by atoms with Crippen molar-refractivity contribution >= 4 is 33.3 Å². The molecule has 0 aliphatic carbocycles. The van der Waals surface area contributed by atoms with Crippen molar-refractivity contribution in [2.45, 2.75) is 17.2 Å². The molecule has 1 aromatic carbocycles. The molecule has 2 rings (SSSR count). The molecule has 4 heteroatoms. The number of aliphatic hydroxyl groups is 1. The van der Waals surface area contributed by atoms with Crippen LogP contribution in [-0.4, -0.2) is 22.5 Å². The average Bonchev–Trinajstić information content (AvgIpc) is 2.67. The molecule has 1 N–H and O–H groups in total. The van der Waals surface area contributed by atoms with Crippen molar-refractivity contribution in [3.8, 4) is 0 Å². The normalized spacial score (nSPS) is 11.0. The van der Waals surface area contributed by atoms with Crippen molar-refractivity contribution < 1.29 is 5.11 Å². The third-order valence-corrected chi connectivity index (χ3v) is 4.32. The topological polar surface area (TPSA) is 33.1 Å². The Morgan fingerprint density at radius 3 is 2.93 bits per heavy atom. The van der Waals surface area contributed by atoms with Crippen molar-refractivity contribution in [1.82, 2.24) is 4.98 Å². The molecule has 2 aromatic rings. The van der Waals surface area contributed by atoms with Crippen LogP contribution in [0.4, 0.5) is 0 Å². The monoisotopic (exact) mass is 239 g/mol. The van der Waals surface area contributed by atoms with Crippen molar-refractivity contribution in [2.75, 3.05) is 12.4 Å². The Balaban J connectivity index is 1.97. The third-order valence-electron chi connectivity index (χ3n) is 2.05. The number of thiazole rings is 1. The molecule has 0 atom stereocenters. The van der Waals surface area contributed by atoms with Crippen LogP contribution in [0.2, 0.25) is 0 Å². The van der Waals surface area contributed by atoms with Crippen molar-refractivity contribution in [2.24, 2.45) is 0 Å². The summed E-state index contributed by atoms with van der Waals surface area (Å²) >= 11 is 3.53. The van der Waals surface area contributed by atoms with Crippen molar-refractivity contribution in [3.05, 3.63) is 24.3 Å². The van der Waals surface area contributed by atoms with Gasteiger partial charge in [-0.2, -0.15) is 0 Å². The van der Waals surface area contributed by atoms with Gasteiger partial charge in [0.2, 0.25) is 0 Å². The molecule has 0 aliphatic rings. The zero-order valence-corrected chi connectivity index (χ0v) is 9.98. The Morgan fingerprint density at radius 1 is 1.27 bits per heavy atom. The predicted octanol–water partition coefficient (Wildman–Crippen LogP) is 3.16. The number of aromatic nitrogens is 1. The number of para-hydroxylation sites is 1. The van der Waals surface area contributed by atoms with Gasteiger partial charge in [-0.25, -0.2) is 4.98 Å². The largest absolute Gasteiger partial charge is 0.396 e. The summed E-state index contributed by atoms with van der Waals surface area (Å²) in [6, 6.07) is 8.21. The summed E-state index contributed by atoms with van der Waals surface area (Å²) in [6.07, 6.45) is 1.94. The number of hydrogen-bond donors (Lipinski definition) is 1. The predicted molar refractivity (Wildman–Crippen MR) is 66.7 cm³/mol. The summed E-state index contributed by atoms with van der Waals surface area (Å²) in [7, 11) is 0. The summed E-state index contributed by atoms with van der Waals surface area (Å²) in [6.45, 7) is 0.292. The van der Waals surface area contributed by atoms with Crippen LogP contribution in [-0.2, 0) is 0 Å². The summed E-state index contributed by atoms with van der Waals surface area (Å²) < 4.78 is 2.39. The lowest BCUT2D eigenvalue weighted by Gasteiger charge is -1.94. The molecule has 0 saturated heterocycles. The third kappa shape index (κ3) is 2.93. The Bertz CT molecular complexity index is 394. The quantitative estimate of drug-likeness (QED) is 0.642. The van der Waals surface area contributed by atoms with Crippen LogP contribution in [0.25, 0.3) is 10.2 Å². The van der Waals surface area contributed by atoms with E-state index in [1.165, 1.54) is 4.70 Å². The van der Waals surface area contributed by atoms with Crippen LogP contribution >= 0.6 is 23.1 Å². The van der Waals surface area contributed by atoms with Crippen LogP contribution in [0.15, 0.2) is 28.6 Å². The van der Waals surface area contributed by atoms with Gasteiger partial charge in [-0.3, -0.25) is 0 Å². The first-order chi connectivity index (χ1) is 7.40. The SMILES string of the molecule is OCCCCSc1nc2ccccc2s1. The van der Waals surface area contributed by atoms with Crippen LogP contribution in [0.1, 0.15) is 12.8 Å². The highest BCUT2D eigenvalue weighted by atomic mass is 32.2. The number of fused-ring (bicyclic) bond motifs is 1. The maximum Gasteiger partial charge on any atom is 0.151 e. The number of hydrogen-bond acceptors (Lipinski definition) is 4. The van der Waals surface area contributed by atoms with E-state index in [4.69, 9.17) is 5.11 Å². The fourth-order valence-electron chi connectivity index (χ4n) is 1.29. The highest BCUT2D eigenvalue weighted by Crippen LogP contribution is 2.29. The number of nitrogens with zero attached hydrogens (tertiary/aromatic N) is 1. The van der Waals surface area contributed by atoms with E-state index in [9.17, 15) is 0 Å². The van der Waals surface area contributed by atoms with E-state index < -0.39 is 0 Å². The molecule has 0 spiro atoms.